The normalized spacial score (nSPS) is 11.4. The highest BCUT2D eigenvalue weighted by molar-refractivity contribution is 6.13. The van der Waals surface area contributed by atoms with E-state index in [-0.39, 0.29) is 0 Å². The van der Waals surface area contributed by atoms with Crippen LogP contribution in [0.5, 0.6) is 0 Å². The molecule has 0 aliphatic heterocycles. The molecule has 2 heterocycles. The van der Waals surface area contributed by atoms with Crippen molar-refractivity contribution in [3.8, 4) is 67.3 Å². The molecule has 0 bridgehead atoms. The smallest absolute Gasteiger partial charge is 0.161 e. The van der Waals surface area contributed by atoms with E-state index in [1.807, 2.05) is 24.3 Å². The Bertz CT molecular complexity index is 2940. The van der Waals surface area contributed by atoms with Crippen LogP contribution in [-0.2, 0) is 0 Å². The minimum absolute atomic E-state index is 0.681. The average Bonchev–Trinajstić information content (AvgIpc) is 3.63. The SMILES string of the molecule is c1ccc(-c2cc(-c3cc(-c4cccc5ccccc45)cc(-c4cccc5oc6ccccc6c45)c3)nc(-c3ccccc3-c3ccccc3)n2)cc1. The first-order valence-electron chi connectivity index (χ1n) is 17.9. The van der Waals surface area contributed by atoms with E-state index in [2.05, 4.69) is 170 Å². The summed E-state index contributed by atoms with van der Waals surface area (Å²) in [5.74, 6) is 0.681. The van der Waals surface area contributed by atoms with Gasteiger partial charge in [0.1, 0.15) is 11.2 Å². The summed E-state index contributed by atoms with van der Waals surface area (Å²) < 4.78 is 6.36. The molecule has 0 aliphatic rings. The van der Waals surface area contributed by atoms with Crippen LogP contribution >= 0.6 is 0 Å². The second-order valence-corrected chi connectivity index (χ2v) is 13.3. The predicted octanol–water partition coefficient (Wildman–Crippen LogP) is 13.5. The largest absolute Gasteiger partial charge is 0.456 e. The molecule has 3 heteroatoms. The van der Waals surface area contributed by atoms with Crippen LogP contribution in [0.1, 0.15) is 0 Å². The van der Waals surface area contributed by atoms with Crippen molar-refractivity contribution in [2.75, 3.05) is 0 Å². The Morgan fingerprint density at radius 1 is 0.321 bits per heavy atom. The minimum atomic E-state index is 0.681. The van der Waals surface area contributed by atoms with Crippen molar-refractivity contribution >= 4 is 32.7 Å². The third-order valence-electron chi connectivity index (χ3n) is 10.1. The number of para-hydroxylation sites is 1. The van der Waals surface area contributed by atoms with Gasteiger partial charge in [0.2, 0.25) is 0 Å². The summed E-state index contributed by atoms with van der Waals surface area (Å²) in [7, 11) is 0. The van der Waals surface area contributed by atoms with Gasteiger partial charge in [0, 0.05) is 27.5 Å². The summed E-state index contributed by atoms with van der Waals surface area (Å²) in [6.07, 6.45) is 0. The number of furan rings is 1. The van der Waals surface area contributed by atoms with Crippen molar-refractivity contribution in [3.05, 3.63) is 194 Å². The lowest BCUT2D eigenvalue weighted by Crippen LogP contribution is -1.98. The lowest BCUT2D eigenvalue weighted by atomic mass is 9.90. The summed E-state index contributed by atoms with van der Waals surface area (Å²) in [6.45, 7) is 0. The van der Waals surface area contributed by atoms with Gasteiger partial charge in [-0.05, 0) is 80.6 Å². The lowest BCUT2D eigenvalue weighted by Gasteiger charge is -2.15. The molecule has 0 spiro atoms. The minimum Gasteiger partial charge on any atom is -0.456 e. The summed E-state index contributed by atoms with van der Waals surface area (Å²) >= 11 is 0. The van der Waals surface area contributed by atoms with Gasteiger partial charge in [-0.25, -0.2) is 9.97 Å². The highest BCUT2D eigenvalue weighted by Gasteiger charge is 2.18. The molecule has 0 unspecified atom stereocenters. The molecule has 0 fully saturated rings. The van der Waals surface area contributed by atoms with Crippen molar-refractivity contribution in [3.63, 3.8) is 0 Å². The molecule has 2 aromatic heterocycles. The number of hydrogen-bond donors (Lipinski definition) is 0. The molecule has 0 aliphatic carbocycles. The van der Waals surface area contributed by atoms with Crippen molar-refractivity contribution in [1.82, 2.24) is 9.97 Å². The third-order valence-corrected chi connectivity index (χ3v) is 10.1. The van der Waals surface area contributed by atoms with Crippen LogP contribution in [-0.4, -0.2) is 9.97 Å². The molecule has 10 aromatic rings. The van der Waals surface area contributed by atoms with E-state index < -0.39 is 0 Å². The van der Waals surface area contributed by atoms with E-state index in [1.165, 1.54) is 16.3 Å². The molecule has 0 saturated heterocycles. The molecule has 248 valence electrons. The molecular weight excluding hydrogens is 645 g/mol. The first-order chi connectivity index (χ1) is 26.3. The van der Waals surface area contributed by atoms with E-state index in [9.17, 15) is 0 Å². The van der Waals surface area contributed by atoms with E-state index in [1.54, 1.807) is 0 Å². The fraction of sp³-hybridized carbons (Fsp3) is 0. The Morgan fingerprint density at radius 3 is 1.66 bits per heavy atom. The van der Waals surface area contributed by atoms with Gasteiger partial charge >= 0.3 is 0 Å². The molecule has 53 heavy (non-hydrogen) atoms. The first-order valence-corrected chi connectivity index (χ1v) is 17.9. The van der Waals surface area contributed by atoms with Crippen molar-refractivity contribution in [2.24, 2.45) is 0 Å². The van der Waals surface area contributed by atoms with Crippen LogP contribution in [0, 0.1) is 0 Å². The summed E-state index contributed by atoms with van der Waals surface area (Å²) in [5, 5.41) is 4.61. The Hall–Kier alpha value is -7.10. The van der Waals surface area contributed by atoms with E-state index in [4.69, 9.17) is 14.4 Å². The molecule has 8 aromatic carbocycles. The molecule has 0 atom stereocenters. The molecule has 0 radical (unpaired) electrons. The van der Waals surface area contributed by atoms with E-state index in [0.717, 1.165) is 77.8 Å². The second-order valence-electron chi connectivity index (χ2n) is 13.3. The van der Waals surface area contributed by atoms with Crippen molar-refractivity contribution < 1.29 is 4.42 Å². The van der Waals surface area contributed by atoms with Crippen LogP contribution in [0.4, 0.5) is 0 Å². The molecular formula is C50H32N2O. The molecule has 10 rings (SSSR count). The Labute approximate surface area is 307 Å². The van der Waals surface area contributed by atoms with E-state index >= 15 is 0 Å². The monoisotopic (exact) mass is 676 g/mol. The van der Waals surface area contributed by atoms with Gasteiger partial charge in [0.15, 0.2) is 5.82 Å². The molecule has 0 amide bonds. The fourth-order valence-corrected chi connectivity index (χ4v) is 7.60. The summed E-state index contributed by atoms with van der Waals surface area (Å²) in [4.78, 5) is 10.6. The fourth-order valence-electron chi connectivity index (χ4n) is 7.60. The number of benzene rings is 8. The van der Waals surface area contributed by atoms with Gasteiger partial charge in [-0.1, -0.05) is 158 Å². The molecule has 0 saturated carbocycles. The highest BCUT2D eigenvalue weighted by atomic mass is 16.3. The summed E-state index contributed by atoms with van der Waals surface area (Å²) in [6, 6.07) is 68.0. The molecule has 3 nitrogen and oxygen atoms in total. The zero-order chi connectivity index (χ0) is 35.1. The van der Waals surface area contributed by atoms with Crippen LogP contribution in [0.25, 0.3) is 100.0 Å². The molecule has 0 N–H and O–H groups in total. The predicted molar refractivity (Wildman–Crippen MR) is 219 cm³/mol. The van der Waals surface area contributed by atoms with Gasteiger partial charge in [0.05, 0.1) is 11.4 Å². The first kappa shape index (κ1) is 30.7. The average molecular weight is 677 g/mol. The maximum atomic E-state index is 6.36. The van der Waals surface area contributed by atoms with Gasteiger partial charge in [-0.3, -0.25) is 0 Å². The van der Waals surface area contributed by atoms with Gasteiger partial charge in [0.25, 0.3) is 0 Å². The topological polar surface area (TPSA) is 38.9 Å². The lowest BCUT2D eigenvalue weighted by molar-refractivity contribution is 0.669. The van der Waals surface area contributed by atoms with Gasteiger partial charge < -0.3 is 4.42 Å². The maximum Gasteiger partial charge on any atom is 0.161 e. The number of fused-ring (bicyclic) bond motifs is 4. The third kappa shape index (κ3) is 5.56. The zero-order valence-corrected chi connectivity index (χ0v) is 28.8. The Morgan fingerprint density at radius 2 is 0.849 bits per heavy atom. The van der Waals surface area contributed by atoms with Crippen LogP contribution < -0.4 is 0 Å². The van der Waals surface area contributed by atoms with E-state index in [0.29, 0.717) is 5.82 Å². The summed E-state index contributed by atoms with van der Waals surface area (Å²) in [5.41, 5.74) is 13.2. The highest BCUT2D eigenvalue weighted by Crippen LogP contribution is 2.41. The maximum absolute atomic E-state index is 6.36. The number of nitrogens with zero attached hydrogens (tertiary/aromatic N) is 2. The van der Waals surface area contributed by atoms with Crippen LogP contribution in [0.3, 0.4) is 0 Å². The van der Waals surface area contributed by atoms with Gasteiger partial charge in [-0.2, -0.15) is 0 Å². The number of aromatic nitrogens is 2. The second kappa shape index (κ2) is 12.9. The van der Waals surface area contributed by atoms with Gasteiger partial charge in [-0.15, -0.1) is 0 Å². The number of rotatable bonds is 6. The zero-order valence-electron chi connectivity index (χ0n) is 28.8. The van der Waals surface area contributed by atoms with Crippen LogP contribution in [0.15, 0.2) is 199 Å². The van der Waals surface area contributed by atoms with Crippen molar-refractivity contribution in [2.45, 2.75) is 0 Å². The quantitative estimate of drug-likeness (QED) is 0.176. The number of hydrogen-bond acceptors (Lipinski definition) is 3. The Balaban J connectivity index is 1.26. The van der Waals surface area contributed by atoms with Crippen LogP contribution in [0.2, 0.25) is 0 Å². The van der Waals surface area contributed by atoms with Crippen molar-refractivity contribution in [1.29, 1.82) is 0 Å². The Kier molecular flexibility index (Phi) is 7.47. The standard InChI is InChI=1S/C50H32N2O/c1-3-15-33(16-4-1)40-22-9-10-23-43(40)50-51-45(35-18-5-2-6-19-35)32-46(52-50)38-30-36(41-25-13-20-34-17-7-8-21-39(34)41)29-37(31-38)42-26-14-28-48-49(42)44-24-11-12-27-47(44)53-48/h1-32H.